The molecule has 0 bridgehead atoms. The van der Waals surface area contributed by atoms with E-state index >= 15 is 0 Å². The zero-order chi connectivity index (χ0) is 15.9. The Morgan fingerprint density at radius 2 is 1.90 bits per heavy atom. The van der Waals surface area contributed by atoms with Gasteiger partial charge in [0.2, 0.25) is 0 Å². The van der Waals surface area contributed by atoms with E-state index in [0.717, 1.165) is 0 Å². The standard InChI is InChI=1S/C15H15N3O3/c1-15(8-3-9-16,14(20)21-2)18-13(19)12-6-4-11(10-17)5-7-12/h4-7H,3,8H2,1-2H3,(H,18,19)/t15-/m1/s1. The van der Waals surface area contributed by atoms with Crippen molar-refractivity contribution in [2.45, 2.75) is 25.3 Å². The lowest BCUT2D eigenvalue weighted by atomic mass is 9.95. The van der Waals surface area contributed by atoms with Crippen LogP contribution in [0.5, 0.6) is 0 Å². The Hall–Kier alpha value is -2.86. The van der Waals surface area contributed by atoms with Gasteiger partial charge >= 0.3 is 5.97 Å². The molecule has 1 N–H and O–H groups in total. The highest BCUT2D eigenvalue weighted by molar-refractivity contribution is 5.98. The van der Waals surface area contributed by atoms with Crippen molar-refractivity contribution in [3.63, 3.8) is 0 Å². The minimum atomic E-state index is -1.27. The number of ether oxygens (including phenoxy) is 1. The number of carbonyl (C=O) groups is 2. The topological polar surface area (TPSA) is 103 Å². The minimum Gasteiger partial charge on any atom is -0.467 e. The molecule has 0 heterocycles. The van der Waals surface area contributed by atoms with Crippen molar-refractivity contribution in [1.82, 2.24) is 5.32 Å². The molecular formula is C15H15N3O3. The van der Waals surface area contributed by atoms with E-state index in [1.807, 2.05) is 12.1 Å². The van der Waals surface area contributed by atoms with Gasteiger partial charge < -0.3 is 10.1 Å². The molecule has 1 aromatic rings. The molecule has 0 radical (unpaired) electrons. The number of rotatable bonds is 5. The van der Waals surface area contributed by atoms with E-state index < -0.39 is 17.4 Å². The average Bonchev–Trinajstić information content (AvgIpc) is 2.52. The van der Waals surface area contributed by atoms with Gasteiger partial charge in [0.1, 0.15) is 5.54 Å². The van der Waals surface area contributed by atoms with Crippen molar-refractivity contribution in [2.24, 2.45) is 0 Å². The lowest BCUT2D eigenvalue weighted by Crippen LogP contribution is -2.52. The van der Waals surface area contributed by atoms with E-state index in [9.17, 15) is 9.59 Å². The molecule has 0 unspecified atom stereocenters. The molecule has 0 saturated heterocycles. The average molecular weight is 285 g/mol. The third-order valence-electron chi connectivity index (χ3n) is 3.04. The van der Waals surface area contributed by atoms with Gasteiger partial charge in [-0.05, 0) is 37.6 Å². The number of nitriles is 2. The molecule has 108 valence electrons. The van der Waals surface area contributed by atoms with Gasteiger partial charge in [-0.1, -0.05) is 0 Å². The Kier molecular flexibility index (Phi) is 5.45. The summed E-state index contributed by atoms with van der Waals surface area (Å²) in [5, 5.41) is 19.9. The van der Waals surface area contributed by atoms with Crippen molar-refractivity contribution in [3.05, 3.63) is 35.4 Å². The zero-order valence-corrected chi connectivity index (χ0v) is 11.8. The Balaban J connectivity index is 2.92. The van der Waals surface area contributed by atoms with Gasteiger partial charge in [0.15, 0.2) is 0 Å². The molecule has 1 amide bonds. The first-order valence-electron chi connectivity index (χ1n) is 6.25. The maximum Gasteiger partial charge on any atom is 0.331 e. The van der Waals surface area contributed by atoms with Crippen LogP contribution >= 0.6 is 0 Å². The Labute approximate surface area is 122 Å². The van der Waals surface area contributed by atoms with Crippen LogP contribution in [-0.2, 0) is 9.53 Å². The third-order valence-corrected chi connectivity index (χ3v) is 3.04. The van der Waals surface area contributed by atoms with Gasteiger partial charge in [-0.25, -0.2) is 4.79 Å². The number of carbonyl (C=O) groups excluding carboxylic acids is 2. The molecular weight excluding hydrogens is 270 g/mol. The van der Waals surface area contributed by atoms with Crippen LogP contribution in [0.25, 0.3) is 0 Å². The number of esters is 1. The van der Waals surface area contributed by atoms with Crippen LogP contribution in [0.2, 0.25) is 0 Å². The SMILES string of the molecule is COC(=O)[C@@](C)(CCC#N)NC(=O)c1ccc(C#N)cc1. The van der Waals surface area contributed by atoms with E-state index in [1.165, 1.54) is 38.3 Å². The first-order valence-corrected chi connectivity index (χ1v) is 6.25. The van der Waals surface area contributed by atoms with Gasteiger partial charge in [0.05, 0.1) is 24.8 Å². The monoisotopic (exact) mass is 285 g/mol. The molecule has 0 spiro atoms. The maximum atomic E-state index is 12.2. The molecule has 0 aliphatic rings. The molecule has 1 rings (SSSR count). The van der Waals surface area contributed by atoms with Crippen molar-refractivity contribution in [1.29, 1.82) is 10.5 Å². The normalized spacial score (nSPS) is 12.4. The summed E-state index contributed by atoms with van der Waals surface area (Å²) in [6.07, 6.45) is 0.261. The van der Waals surface area contributed by atoms with Crippen molar-refractivity contribution >= 4 is 11.9 Å². The summed E-state index contributed by atoms with van der Waals surface area (Å²) in [7, 11) is 1.22. The summed E-state index contributed by atoms with van der Waals surface area (Å²) < 4.78 is 4.68. The van der Waals surface area contributed by atoms with Gasteiger partial charge in [0, 0.05) is 12.0 Å². The molecule has 0 fully saturated rings. The fourth-order valence-electron chi connectivity index (χ4n) is 1.77. The van der Waals surface area contributed by atoms with Gasteiger partial charge in [-0.3, -0.25) is 4.79 Å². The lowest BCUT2D eigenvalue weighted by molar-refractivity contribution is -0.147. The summed E-state index contributed by atoms with van der Waals surface area (Å²) in [4.78, 5) is 24.0. The second kappa shape index (κ2) is 7.06. The molecule has 6 heteroatoms. The molecule has 21 heavy (non-hydrogen) atoms. The number of hydrogen-bond donors (Lipinski definition) is 1. The molecule has 0 aliphatic carbocycles. The fourth-order valence-corrected chi connectivity index (χ4v) is 1.77. The fraction of sp³-hybridized carbons (Fsp3) is 0.333. The van der Waals surface area contributed by atoms with Crippen LogP contribution in [-0.4, -0.2) is 24.5 Å². The first kappa shape index (κ1) is 16.2. The van der Waals surface area contributed by atoms with E-state index in [-0.39, 0.29) is 12.8 Å². The van der Waals surface area contributed by atoms with Crippen LogP contribution in [0, 0.1) is 22.7 Å². The zero-order valence-electron chi connectivity index (χ0n) is 11.8. The third kappa shape index (κ3) is 4.05. The molecule has 1 aromatic carbocycles. The predicted octanol–water partition coefficient (Wildman–Crippen LogP) is 1.52. The van der Waals surface area contributed by atoms with Crippen LogP contribution < -0.4 is 5.32 Å². The lowest BCUT2D eigenvalue weighted by Gasteiger charge is -2.27. The van der Waals surface area contributed by atoms with Crippen molar-refractivity contribution in [3.8, 4) is 12.1 Å². The first-order chi connectivity index (χ1) is 9.96. The molecule has 1 atom stereocenters. The van der Waals surface area contributed by atoms with Gasteiger partial charge in [-0.2, -0.15) is 10.5 Å². The number of benzene rings is 1. The summed E-state index contributed by atoms with van der Waals surface area (Å²) >= 11 is 0. The smallest absolute Gasteiger partial charge is 0.331 e. The number of nitrogens with zero attached hydrogens (tertiary/aromatic N) is 2. The number of amides is 1. The van der Waals surface area contributed by atoms with Crippen LogP contribution in [0.4, 0.5) is 0 Å². The summed E-state index contributed by atoms with van der Waals surface area (Å²) in [5.74, 6) is -1.08. The van der Waals surface area contributed by atoms with Gasteiger partial charge in [-0.15, -0.1) is 0 Å². The molecule has 0 aromatic heterocycles. The Morgan fingerprint density at radius 1 is 1.29 bits per heavy atom. The molecule has 6 nitrogen and oxygen atoms in total. The van der Waals surface area contributed by atoms with Crippen molar-refractivity contribution in [2.75, 3.05) is 7.11 Å². The summed E-state index contributed by atoms with van der Waals surface area (Å²) in [6.45, 7) is 1.51. The largest absolute Gasteiger partial charge is 0.467 e. The molecule has 0 saturated carbocycles. The predicted molar refractivity (Wildman–Crippen MR) is 73.9 cm³/mol. The highest BCUT2D eigenvalue weighted by atomic mass is 16.5. The van der Waals surface area contributed by atoms with Crippen LogP contribution in [0.3, 0.4) is 0 Å². The number of hydrogen-bond acceptors (Lipinski definition) is 5. The quantitative estimate of drug-likeness (QED) is 0.826. The summed E-state index contributed by atoms with van der Waals surface area (Å²) in [5.41, 5.74) is -0.511. The Morgan fingerprint density at radius 3 is 2.38 bits per heavy atom. The molecule has 0 aliphatic heterocycles. The second-order valence-corrected chi connectivity index (χ2v) is 4.63. The Bertz CT molecular complexity index is 611. The van der Waals surface area contributed by atoms with E-state index in [4.69, 9.17) is 10.5 Å². The second-order valence-electron chi connectivity index (χ2n) is 4.63. The van der Waals surface area contributed by atoms with Gasteiger partial charge in [0.25, 0.3) is 5.91 Å². The summed E-state index contributed by atoms with van der Waals surface area (Å²) in [6, 6.07) is 9.91. The minimum absolute atomic E-state index is 0.110. The van der Waals surface area contributed by atoms with E-state index in [1.54, 1.807) is 0 Å². The van der Waals surface area contributed by atoms with Crippen LogP contribution in [0.1, 0.15) is 35.7 Å². The highest BCUT2D eigenvalue weighted by Crippen LogP contribution is 2.16. The van der Waals surface area contributed by atoms with Crippen molar-refractivity contribution < 1.29 is 14.3 Å². The number of nitrogens with one attached hydrogen (secondary N) is 1. The van der Waals surface area contributed by atoms with E-state index in [0.29, 0.717) is 11.1 Å². The number of methoxy groups -OCH3 is 1. The van der Waals surface area contributed by atoms with E-state index in [2.05, 4.69) is 10.1 Å². The highest BCUT2D eigenvalue weighted by Gasteiger charge is 2.35. The van der Waals surface area contributed by atoms with Crippen LogP contribution in [0.15, 0.2) is 24.3 Å². The maximum absolute atomic E-state index is 12.2.